The molecule has 0 N–H and O–H groups in total. The Morgan fingerprint density at radius 2 is 2.33 bits per heavy atom. The van der Waals surface area contributed by atoms with Crippen LogP contribution in [-0.2, 0) is 0 Å². The fourth-order valence-electron chi connectivity index (χ4n) is 0.791. The van der Waals surface area contributed by atoms with E-state index in [1.54, 1.807) is 0 Å². The maximum absolute atomic E-state index is 4.30. The van der Waals surface area contributed by atoms with Gasteiger partial charge in [-0.3, -0.25) is 0 Å². The topological polar surface area (TPSA) is 17.3 Å². The van der Waals surface area contributed by atoms with Crippen molar-refractivity contribution in [3.8, 4) is 0 Å². The minimum Gasteiger partial charge on any atom is -0.430 e. The molecule has 1 unspecified atom stereocenters. The molecule has 1 aliphatic rings. The van der Waals surface area contributed by atoms with E-state index in [1.807, 2.05) is 18.3 Å². The summed E-state index contributed by atoms with van der Waals surface area (Å²) in [4.78, 5) is 0. The molecule has 0 aromatic heterocycles. The van der Waals surface area contributed by atoms with Crippen LogP contribution in [0.2, 0.25) is 0 Å². The maximum Gasteiger partial charge on any atom is 0.102 e. The molecule has 1 heterocycles. The molecule has 1 atom stereocenters. The van der Waals surface area contributed by atoms with E-state index >= 15 is 0 Å². The highest BCUT2D eigenvalue weighted by atomic mass is 15.8. The quantitative estimate of drug-likeness (QED) is 0.482. The van der Waals surface area contributed by atoms with Crippen molar-refractivity contribution in [1.29, 1.82) is 0 Å². The summed E-state index contributed by atoms with van der Waals surface area (Å²) in [5, 5.41) is 1.84. The van der Waals surface area contributed by atoms with E-state index in [0.29, 0.717) is 4.59 Å². The van der Waals surface area contributed by atoms with Crippen LogP contribution in [0.5, 0.6) is 0 Å². The van der Waals surface area contributed by atoms with Crippen LogP contribution in [0.15, 0.2) is 12.4 Å². The smallest absolute Gasteiger partial charge is 0.102 e. The largest absolute Gasteiger partial charge is 0.430 e. The average Bonchev–Trinajstić information content (AvgIpc) is 2.13. The van der Waals surface area contributed by atoms with Crippen LogP contribution in [0.3, 0.4) is 0 Å². The Morgan fingerprint density at radius 3 is 2.56 bits per heavy atom. The Morgan fingerprint density at radius 1 is 1.67 bits per heavy atom. The zero-order valence-corrected chi connectivity index (χ0v) is 6.20. The summed E-state index contributed by atoms with van der Waals surface area (Å²) < 4.78 is 0.677. The molecule has 9 heavy (non-hydrogen) atoms. The molecule has 0 aliphatic carbocycles. The lowest BCUT2D eigenvalue weighted by Gasteiger charge is -2.39. The lowest BCUT2D eigenvalue weighted by molar-refractivity contribution is -0.821. The van der Waals surface area contributed by atoms with Crippen LogP contribution < -0.4 is 0 Å². The lowest BCUT2D eigenvalue weighted by Crippen LogP contribution is -2.32. The summed E-state index contributed by atoms with van der Waals surface area (Å²) in [7, 11) is 4.01. The number of rotatable bonds is 1. The number of hydrogen-bond donors (Lipinski definition) is 0. The highest BCUT2D eigenvalue weighted by molar-refractivity contribution is 4.85. The average molecular weight is 127 g/mol. The molecule has 0 spiro atoms. The molecular formula is C6H13N3. The Hall–Kier alpha value is -0.540. The number of hydrogen-bond acceptors (Lipinski definition) is 1. The van der Waals surface area contributed by atoms with Gasteiger partial charge in [-0.1, -0.05) is 0 Å². The van der Waals surface area contributed by atoms with Crippen molar-refractivity contribution in [2.24, 2.45) is 0 Å². The second-order valence-electron chi connectivity index (χ2n) is 2.49. The highest BCUT2D eigenvalue weighted by Crippen LogP contribution is 2.20. The molecule has 0 saturated carbocycles. The minimum absolute atomic E-state index is 0.677. The molecule has 3 heteroatoms. The lowest BCUT2D eigenvalue weighted by atomic mass is 10.6. The van der Waals surface area contributed by atoms with Crippen molar-refractivity contribution >= 4 is 0 Å². The van der Waals surface area contributed by atoms with Crippen LogP contribution in [0.4, 0.5) is 0 Å². The number of quaternary nitrogens is 1. The summed E-state index contributed by atoms with van der Waals surface area (Å²) in [6.45, 7) is 3.13. The van der Waals surface area contributed by atoms with E-state index in [-0.39, 0.29) is 0 Å². The van der Waals surface area contributed by atoms with Crippen molar-refractivity contribution in [3.63, 3.8) is 0 Å². The van der Waals surface area contributed by atoms with E-state index in [0.717, 1.165) is 6.54 Å². The first-order chi connectivity index (χ1) is 4.16. The van der Waals surface area contributed by atoms with Gasteiger partial charge in [0.15, 0.2) is 0 Å². The van der Waals surface area contributed by atoms with Crippen molar-refractivity contribution in [3.05, 3.63) is 17.9 Å². The van der Waals surface area contributed by atoms with Crippen molar-refractivity contribution < 1.29 is 4.59 Å². The molecule has 1 rings (SSSR count). The van der Waals surface area contributed by atoms with Gasteiger partial charge < -0.3 is 15.1 Å². The van der Waals surface area contributed by atoms with E-state index in [4.69, 9.17) is 0 Å². The van der Waals surface area contributed by atoms with Gasteiger partial charge in [-0.15, -0.1) is 0 Å². The van der Waals surface area contributed by atoms with E-state index in [9.17, 15) is 0 Å². The van der Waals surface area contributed by atoms with Crippen LogP contribution in [0, 0.1) is 0 Å². The van der Waals surface area contributed by atoms with Crippen LogP contribution in [0.1, 0.15) is 6.92 Å². The van der Waals surface area contributed by atoms with E-state index in [1.165, 1.54) is 0 Å². The highest BCUT2D eigenvalue weighted by Gasteiger charge is 2.10. The summed E-state index contributed by atoms with van der Waals surface area (Å²) >= 11 is 0. The van der Waals surface area contributed by atoms with Crippen molar-refractivity contribution in [2.75, 3.05) is 20.6 Å². The third-order valence-corrected chi connectivity index (χ3v) is 1.59. The zero-order chi connectivity index (χ0) is 6.91. The van der Waals surface area contributed by atoms with Crippen LogP contribution in [0.25, 0.3) is 5.53 Å². The molecule has 52 valence electrons. The summed E-state index contributed by atoms with van der Waals surface area (Å²) in [5.74, 6) is 0. The van der Waals surface area contributed by atoms with Crippen molar-refractivity contribution in [2.45, 2.75) is 6.92 Å². The van der Waals surface area contributed by atoms with Gasteiger partial charge in [0.2, 0.25) is 0 Å². The van der Waals surface area contributed by atoms with Crippen LogP contribution >= 0.6 is 0 Å². The van der Waals surface area contributed by atoms with Crippen LogP contribution in [-0.4, -0.2) is 30.2 Å². The van der Waals surface area contributed by atoms with Gasteiger partial charge in [0.05, 0.1) is 13.6 Å². The molecule has 0 saturated heterocycles. The van der Waals surface area contributed by atoms with E-state index < -0.39 is 0 Å². The Bertz CT molecular complexity index is 132. The SMILES string of the molecule is CC[N+]1(C)C=CN(C)[N-]1. The standard InChI is InChI=1S/C6H13N3/c1-4-9(3)6-5-8(2)7-9/h5-6H,4H2,1-3H3. The molecular weight excluding hydrogens is 114 g/mol. The Kier molecular flexibility index (Phi) is 1.47. The summed E-state index contributed by atoms with van der Waals surface area (Å²) in [6.07, 6.45) is 4.05. The molecule has 0 fully saturated rings. The molecule has 0 aromatic rings. The summed E-state index contributed by atoms with van der Waals surface area (Å²) in [5.41, 5.74) is 4.30. The molecule has 0 aromatic carbocycles. The number of nitrogens with zero attached hydrogens (tertiary/aromatic N) is 3. The second-order valence-corrected chi connectivity index (χ2v) is 2.49. The van der Waals surface area contributed by atoms with Gasteiger partial charge in [0.25, 0.3) is 0 Å². The van der Waals surface area contributed by atoms with Gasteiger partial charge in [-0.25, -0.2) is 0 Å². The molecule has 0 bridgehead atoms. The monoisotopic (exact) mass is 127 g/mol. The molecule has 3 nitrogen and oxygen atoms in total. The fraction of sp³-hybridized carbons (Fsp3) is 0.667. The van der Waals surface area contributed by atoms with E-state index in [2.05, 4.69) is 25.7 Å². The molecule has 0 amide bonds. The fourth-order valence-corrected chi connectivity index (χ4v) is 0.791. The second kappa shape index (κ2) is 2.01. The molecule has 1 aliphatic heterocycles. The first-order valence-corrected chi connectivity index (χ1v) is 3.17. The van der Waals surface area contributed by atoms with Gasteiger partial charge in [0.1, 0.15) is 6.20 Å². The first-order valence-electron chi connectivity index (χ1n) is 3.17. The maximum atomic E-state index is 4.30. The molecule has 0 radical (unpaired) electrons. The van der Waals surface area contributed by atoms with Gasteiger partial charge in [-0.05, 0) is 14.0 Å². The summed E-state index contributed by atoms with van der Waals surface area (Å²) in [6, 6.07) is 0. The zero-order valence-electron chi connectivity index (χ0n) is 6.20. The third kappa shape index (κ3) is 1.23. The third-order valence-electron chi connectivity index (χ3n) is 1.59. The normalized spacial score (nSPS) is 33.9. The predicted octanol–water partition coefficient (Wildman–Crippen LogP) is 1.07. The first kappa shape index (κ1) is 6.58. The Balaban J connectivity index is 2.57. The van der Waals surface area contributed by atoms with Gasteiger partial charge in [-0.2, -0.15) is 0 Å². The van der Waals surface area contributed by atoms with Crippen molar-refractivity contribution in [1.82, 2.24) is 5.01 Å². The van der Waals surface area contributed by atoms with Gasteiger partial charge in [0, 0.05) is 6.20 Å². The Labute approximate surface area is 56.1 Å². The van der Waals surface area contributed by atoms with Gasteiger partial charge >= 0.3 is 0 Å². The predicted molar refractivity (Wildman–Crippen MR) is 37.0 cm³/mol. The minimum atomic E-state index is 0.677.